The Labute approximate surface area is 198 Å². The predicted molar refractivity (Wildman–Crippen MR) is 133 cm³/mol. The lowest BCUT2D eigenvalue weighted by Gasteiger charge is -2.08. The van der Waals surface area contributed by atoms with Crippen LogP contribution < -0.4 is 0 Å². The van der Waals surface area contributed by atoms with Gasteiger partial charge in [0.25, 0.3) is 0 Å². The van der Waals surface area contributed by atoms with Crippen LogP contribution in [0.4, 0.5) is 13.2 Å². The van der Waals surface area contributed by atoms with E-state index in [1.807, 2.05) is 37.3 Å². The fraction of sp³-hybridized carbons (Fsp3) is 0.161. The Bertz CT molecular complexity index is 1390. The van der Waals surface area contributed by atoms with Gasteiger partial charge in [-0.1, -0.05) is 60.4 Å². The fourth-order valence-electron chi connectivity index (χ4n) is 3.90. The Morgan fingerprint density at radius 1 is 0.676 bits per heavy atom. The number of halogens is 3. The minimum Gasteiger partial charge on any atom is -0.206 e. The van der Waals surface area contributed by atoms with Gasteiger partial charge in [-0.2, -0.15) is 0 Å². The summed E-state index contributed by atoms with van der Waals surface area (Å²) in [6.07, 6.45) is 7.09. The number of benzene rings is 4. The third kappa shape index (κ3) is 5.77. The van der Waals surface area contributed by atoms with Crippen molar-refractivity contribution in [1.29, 1.82) is 0 Å². The SMILES string of the molecule is C/C=C/CCc1ccc(C#Cc2ccc3c(F)c(CCc4ccc(F)c(F)c4)ccc3c2)cc1. The summed E-state index contributed by atoms with van der Waals surface area (Å²) >= 11 is 0. The van der Waals surface area contributed by atoms with E-state index in [2.05, 4.69) is 36.1 Å². The van der Waals surface area contributed by atoms with Crippen molar-refractivity contribution in [2.24, 2.45) is 0 Å². The van der Waals surface area contributed by atoms with E-state index < -0.39 is 11.6 Å². The van der Waals surface area contributed by atoms with Gasteiger partial charge in [0.2, 0.25) is 0 Å². The molecule has 0 spiro atoms. The molecule has 0 aliphatic carbocycles. The lowest BCUT2D eigenvalue weighted by Crippen LogP contribution is -1.97. The minimum atomic E-state index is -0.884. The summed E-state index contributed by atoms with van der Waals surface area (Å²) in [7, 11) is 0. The first kappa shape index (κ1) is 23.4. The smallest absolute Gasteiger partial charge is 0.159 e. The largest absolute Gasteiger partial charge is 0.206 e. The zero-order valence-electron chi connectivity index (χ0n) is 19.0. The third-order valence-electron chi connectivity index (χ3n) is 5.84. The normalized spacial score (nSPS) is 11.1. The summed E-state index contributed by atoms with van der Waals surface area (Å²) in [5.74, 6) is 4.30. The maximum absolute atomic E-state index is 15.1. The van der Waals surface area contributed by atoms with Crippen LogP contribution >= 0.6 is 0 Å². The minimum absolute atomic E-state index is 0.284. The zero-order chi connectivity index (χ0) is 23.9. The molecular weight excluding hydrogens is 429 g/mol. The van der Waals surface area contributed by atoms with Crippen molar-refractivity contribution in [3.05, 3.63) is 130 Å². The molecule has 0 nitrogen and oxygen atoms in total. The van der Waals surface area contributed by atoms with E-state index in [0.29, 0.717) is 29.4 Å². The van der Waals surface area contributed by atoms with Gasteiger partial charge in [0.05, 0.1) is 0 Å². The molecule has 0 radical (unpaired) electrons. The molecule has 3 heteroatoms. The third-order valence-corrected chi connectivity index (χ3v) is 5.84. The fourth-order valence-corrected chi connectivity index (χ4v) is 3.90. The molecule has 0 atom stereocenters. The molecular formula is C31H25F3. The van der Waals surface area contributed by atoms with Crippen LogP contribution in [-0.2, 0) is 19.3 Å². The second-order valence-electron chi connectivity index (χ2n) is 8.28. The Balaban J connectivity index is 1.47. The highest BCUT2D eigenvalue weighted by molar-refractivity contribution is 5.85. The Hall–Kier alpha value is -3.77. The van der Waals surface area contributed by atoms with E-state index in [1.165, 1.54) is 11.6 Å². The van der Waals surface area contributed by atoms with Gasteiger partial charge in [0, 0.05) is 16.5 Å². The molecule has 0 aromatic heterocycles. The summed E-state index contributed by atoms with van der Waals surface area (Å²) in [6, 6.07) is 21.1. The second kappa shape index (κ2) is 10.9. The molecule has 0 aliphatic rings. The van der Waals surface area contributed by atoms with Gasteiger partial charge in [0.1, 0.15) is 5.82 Å². The van der Waals surface area contributed by atoms with Crippen molar-refractivity contribution in [3.8, 4) is 11.8 Å². The van der Waals surface area contributed by atoms with Crippen LogP contribution in [0, 0.1) is 29.3 Å². The maximum Gasteiger partial charge on any atom is 0.159 e. The number of allylic oxidation sites excluding steroid dienone is 2. The van der Waals surface area contributed by atoms with Gasteiger partial charge in [-0.25, -0.2) is 13.2 Å². The Morgan fingerprint density at radius 2 is 1.41 bits per heavy atom. The second-order valence-corrected chi connectivity index (χ2v) is 8.28. The van der Waals surface area contributed by atoms with Crippen molar-refractivity contribution < 1.29 is 13.2 Å². The molecule has 34 heavy (non-hydrogen) atoms. The average Bonchev–Trinajstić information content (AvgIpc) is 2.85. The summed E-state index contributed by atoms with van der Waals surface area (Å²) in [6.45, 7) is 2.03. The zero-order valence-corrected chi connectivity index (χ0v) is 19.0. The average molecular weight is 455 g/mol. The molecule has 0 amide bonds. The van der Waals surface area contributed by atoms with E-state index in [1.54, 1.807) is 12.1 Å². The summed E-state index contributed by atoms with van der Waals surface area (Å²) < 4.78 is 41.6. The van der Waals surface area contributed by atoms with Gasteiger partial charge in [-0.3, -0.25) is 0 Å². The van der Waals surface area contributed by atoms with Crippen LogP contribution in [0.3, 0.4) is 0 Å². The number of fused-ring (bicyclic) bond motifs is 1. The molecule has 0 N–H and O–H groups in total. The summed E-state index contributed by atoms with van der Waals surface area (Å²) in [5.41, 5.74) is 4.22. The van der Waals surface area contributed by atoms with Gasteiger partial charge < -0.3 is 0 Å². The van der Waals surface area contributed by atoms with Crippen molar-refractivity contribution in [1.82, 2.24) is 0 Å². The molecule has 0 fully saturated rings. The van der Waals surface area contributed by atoms with Gasteiger partial charge in [-0.05, 0) is 91.1 Å². The number of aryl methyl sites for hydroxylation is 3. The van der Waals surface area contributed by atoms with Gasteiger partial charge in [0.15, 0.2) is 11.6 Å². The topological polar surface area (TPSA) is 0 Å². The maximum atomic E-state index is 15.1. The Morgan fingerprint density at radius 3 is 2.18 bits per heavy atom. The molecule has 4 rings (SSSR count). The van der Waals surface area contributed by atoms with Gasteiger partial charge in [-0.15, -0.1) is 0 Å². The lowest BCUT2D eigenvalue weighted by atomic mass is 9.99. The molecule has 0 unspecified atom stereocenters. The monoisotopic (exact) mass is 454 g/mol. The van der Waals surface area contributed by atoms with E-state index in [0.717, 1.165) is 41.5 Å². The van der Waals surface area contributed by atoms with Crippen LogP contribution in [0.5, 0.6) is 0 Å². The molecule has 0 saturated carbocycles. The molecule has 4 aromatic rings. The molecule has 0 saturated heterocycles. The van der Waals surface area contributed by atoms with Gasteiger partial charge >= 0.3 is 0 Å². The quantitative estimate of drug-likeness (QED) is 0.205. The van der Waals surface area contributed by atoms with Crippen molar-refractivity contribution in [2.75, 3.05) is 0 Å². The highest BCUT2D eigenvalue weighted by atomic mass is 19.2. The van der Waals surface area contributed by atoms with Crippen molar-refractivity contribution >= 4 is 10.8 Å². The predicted octanol–water partition coefficient (Wildman–Crippen LogP) is 7.95. The number of hydrogen-bond donors (Lipinski definition) is 0. The van der Waals surface area contributed by atoms with E-state index in [9.17, 15) is 8.78 Å². The van der Waals surface area contributed by atoms with Crippen molar-refractivity contribution in [2.45, 2.75) is 32.6 Å². The van der Waals surface area contributed by atoms with Crippen LogP contribution in [0.25, 0.3) is 10.8 Å². The molecule has 4 aromatic carbocycles. The van der Waals surface area contributed by atoms with Crippen LogP contribution in [0.2, 0.25) is 0 Å². The first-order valence-corrected chi connectivity index (χ1v) is 11.4. The number of rotatable bonds is 6. The molecule has 170 valence electrons. The molecule has 0 heterocycles. The summed E-state index contributed by atoms with van der Waals surface area (Å²) in [5, 5.41) is 1.30. The van der Waals surface area contributed by atoms with Crippen LogP contribution in [0.15, 0.2) is 84.9 Å². The van der Waals surface area contributed by atoms with Crippen LogP contribution in [0.1, 0.15) is 41.2 Å². The Kier molecular flexibility index (Phi) is 7.50. The lowest BCUT2D eigenvalue weighted by molar-refractivity contribution is 0.507. The first-order valence-electron chi connectivity index (χ1n) is 11.4. The standard InChI is InChI=1S/C31H25F3/c1-2-3-4-5-22-6-8-23(9-7-22)10-11-24-13-18-28-27(20-24)17-16-26(31(28)34)15-12-25-14-19-29(32)30(33)21-25/h2-3,6-9,13-14,16-21H,4-5,12,15H2,1H3/b3-2+. The summed E-state index contributed by atoms with van der Waals surface area (Å²) in [4.78, 5) is 0. The number of hydrogen-bond acceptors (Lipinski definition) is 0. The highest BCUT2D eigenvalue weighted by Crippen LogP contribution is 2.24. The van der Waals surface area contributed by atoms with E-state index >= 15 is 4.39 Å². The van der Waals surface area contributed by atoms with E-state index in [4.69, 9.17) is 0 Å². The first-order chi connectivity index (χ1) is 16.5. The van der Waals surface area contributed by atoms with Crippen molar-refractivity contribution in [3.63, 3.8) is 0 Å². The molecule has 0 bridgehead atoms. The molecule has 0 aliphatic heterocycles. The van der Waals surface area contributed by atoms with Crippen LogP contribution in [-0.4, -0.2) is 0 Å². The van der Waals surface area contributed by atoms with E-state index in [-0.39, 0.29) is 5.82 Å². The highest BCUT2D eigenvalue weighted by Gasteiger charge is 2.09.